The fourth-order valence-electron chi connectivity index (χ4n) is 6.22. The summed E-state index contributed by atoms with van der Waals surface area (Å²) in [4.78, 5) is 17.6. The number of halogens is 5. The van der Waals surface area contributed by atoms with Gasteiger partial charge >= 0.3 is 6.18 Å². The zero-order valence-electron chi connectivity index (χ0n) is 21.4. The molecule has 0 bridgehead atoms. The maximum atomic E-state index is 13.5. The van der Waals surface area contributed by atoms with E-state index in [0.717, 1.165) is 50.4 Å². The van der Waals surface area contributed by atoms with Crippen LogP contribution in [-0.2, 0) is 12.6 Å². The third-order valence-electron chi connectivity index (χ3n) is 8.37. The first-order valence-corrected chi connectivity index (χ1v) is 14.1. The summed E-state index contributed by atoms with van der Waals surface area (Å²) in [5.41, 5.74) is 0.693. The number of hydrogen-bond acceptors (Lipinski definition) is 3. The molecule has 1 N–H and O–H groups in total. The van der Waals surface area contributed by atoms with E-state index in [1.165, 1.54) is 12.1 Å². The van der Waals surface area contributed by atoms with Gasteiger partial charge in [0.25, 0.3) is 5.91 Å². The summed E-state index contributed by atoms with van der Waals surface area (Å²) in [6.07, 6.45) is -1.10. The van der Waals surface area contributed by atoms with Crippen LogP contribution in [0.2, 0.25) is 10.0 Å². The molecule has 2 aliphatic heterocycles. The van der Waals surface area contributed by atoms with Crippen LogP contribution < -0.4 is 0 Å². The maximum absolute atomic E-state index is 13.5. The summed E-state index contributed by atoms with van der Waals surface area (Å²) < 4.78 is 40.5. The zero-order chi connectivity index (χ0) is 27.7. The molecule has 0 aliphatic carbocycles. The molecule has 0 unspecified atom stereocenters. The lowest BCUT2D eigenvalue weighted by molar-refractivity contribution is -0.136. The Bertz CT molecular complexity index is 1340. The van der Waals surface area contributed by atoms with E-state index in [2.05, 4.69) is 4.90 Å². The summed E-state index contributed by atoms with van der Waals surface area (Å²) >= 11 is 12.2. The number of aliphatic hydroxyl groups excluding tert-OH is 1. The van der Waals surface area contributed by atoms with Gasteiger partial charge < -0.3 is 10.0 Å². The first-order chi connectivity index (χ1) is 18.7. The highest BCUT2D eigenvalue weighted by molar-refractivity contribution is 6.42. The average Bonchev–Trinajstić information content (AvgIpc) is 2.94. The molecule has 0 spiro atoms. The van der Waals surface area contributed by atoms with Crippen molar-refractivity contribution in [2.24, 2.45) is 11.8 Å². The van der Waals surface area contributed by atoms with Gasteiger partial charge in [0.1, 0.15) is 0 Å². The molecular formula is C30H31Cl2F3N2O2. The quantitative estimate of drug-likeness (QED) is 0.356. The monoisotopic (exact) mass is 578 g/mol. The molecule has 2 atom stereocenters. The van der Waals surface area contributed by atoms with E-state index in [0.29, 0.717) is 46.0 Å². The van der Waals surface area contributed by atoms with Gasteiger partial charge in [0.05, 0.1) is 15.6 Å². The van der Waals surface area contributed by atoms with Gasteiger partial charge in [-0.1, -0.05) is 53.5 Å². The summed E-state index contributed by atoms with van der Waals surface area (Å²) in [5, 5.41) is 11.6. The van der Waals surface area contributed by atoms with Gasteiger partial charge in [0.2, 0.25) is 0 Å². The van der Waals surface area contributed by atoms with Crippen LogP contribution >= 0.6 is 23.2 Å². The molecule has 5 rings (SSSR count). The minimum Gasteiger partial charge on any atom is -0.396 e. The predicted octanol–water partition coefficient (Wildman–Crippen LogP) is 6.94. The Morgan fingerprint density at radius 3 is 2.28 bits per heavy atom. The van der Waals surface area contributed by atoms with Crippen molar-refractivity contribution in [3.8, 4) is 0 Å². The van der Waals surface area contributed by atoms with Crippen molar-refractivity contribution in [2.45, 2.75) is 37.9 Å². The molecule has 208 valence electrons. The first-order valence-electron chi connectivity index (χ1n) is 13.3. The lowest BCUT2D eigenvalue weighted by Gasteiger charge is -2.44. The fourth-order valence-corrected chi connectivity index (χ4v) is 6.54. The van der Waals surface area contributed by atoms with E-state index >= 15 is 0 Å². The molecular weight excluding hydrogens is 548 g/mol. The molecule has 0 saturated carbocycles. The highest BCUT2D eigenvalue weighted by atomic mass is 35.5. The van der Waals surface area contributed by atoms with Crippen LogP contribution in [0.4, 0.5) is 13.2 Å². The molecule has 3 aromatic carbocycles. The average molecular weight is 579 g/mol. The second-order valence-electron chi connectivity index (χ2n) is 10.7. The number of aliphatic hydroxyl groups is 1. The molecule has 0 aromatic heterocycles. The lowest BCUT2D eigenvalue weighted by Crippen LogP contribution is -2.52. The minimum absolute atomic E-state index is 0.0459. The van der Waals surface area contributed by atoms with Crippen LogP contribution in [0.5, 0.6) is 0 Å². The largest absolute Gasteiger partial charge is 0.417 e. The van der Waals surface area contributed by atoms with Gasteiger partial charge in [-0.15, -0.1) is 0 Å². The van der Waals surface area contributed by atoms with Crippen LogP contribution in [0, 0.1) is 11.8 Å². The number of amides is 1. The molecule has 2 aliphatic rings. The SMILES string of the molecule is O=C(c1ccc(C(F)(F)F)c2ccccc12)N1CCC(N2CC[C@H](Cc3ccc(Cl)c(Cl)c3)[C@H](CO)C2)CC1. The number of rotatable bonds is 5. The number of likely N-dealkylation sites (tertiary alicyclic amines) is 2. The van der Waals surface area contributed by atoms with Crippen LogP contribution in [-0.4, -0.2) is 59.6 Å². The van der Waals surface area contributed by atoms with Crippen molar-refractivity contribution in [3.05, 3.63) is 81.3 Å². The van der Waals surface area contributed by atoms with Gasteiger partial charge in [-0.2, -0.15) is 13.2 Å². The number of nitrogens with zero attached hydrogens (tertiary/aromatic N) is 2. The smallest absolute Gasteiger partial charge is 0.396 e. The summed E-state index contributed by atoms with van der Waals surface area (Å²) in [6.45, 7) is 2.92. The molecule has 2 fully saturated rings. The van der Waals surface area contributed by atoms with Crippen LogP contribution in [0.25, 0.3) is 10.8 Å². The number of carbonyl (C=O) groups is 1. The third-order valence-corrected chi connectivity index (χ3v) is 9.11. The number of hydrogen-bond donors (Lipinski definition) is 1. The normalized spacial score (nSPS) is 21.4. The molecule has 0 radical (unpaired) electrons. The second-order valence-corrected chi connectivity index (χ2v) is 11.5. The Morgan fingerprint density at radius 2 is 1.62 bits per heavy atom. The standard InChI is InChI=1S/C30H31Cl2F3N2O2/c31-27-8-5-19(16-28(27)32)15-20-9-12-37(17-21(20)18-38)22-10-13-36(14-11-22)29(39)25-6-7-26(30(33,34)35)24-4-2-1-3-23(24)25/h1-8,16,20-22,38H,9-15,17-18H2/t20-,21+/m1/s1. The number of alkyl halides is 3. The number of fused-ring (bicyclic) bond motifs is 1. The van der Waals surface area contributed by atoms with E-state index in [1.54, 1.807) is 23.1 Å². The summed E-state index contributed by atoms with van der Waals surface area (Å²) in [6, 6.07) is 14.6. The zero-order valence-corrected chi connectivity index (χ0v) is 22.9. The van der Waals surface area contributed by atoms with Crippen molar-refractivity contribution >= 4 is 39.9 Å². The maximum Gasteiger partial charge on any atom is 0.417 e. The highest BCUT2D eigenvalue weighted by Crippen LogP contribution is 2.37. The van der Waals surface area contributed by atoms with Gasteiger partial charge in [0, 0.05) is 37.8 Å². The topological polar surface area (TPSA) is 43.8 Å². The van der Waals surface area contributed by atoms with Crippen LogP contribution in [0.1, 0.15) is 40.7 Å². The van der Waals surface area contributed by atoms with Crippen molar-refractivity contribution in [2.75, 3.05) is 32.8 Å². The van der Waals surface area contributed by atoms with Crippen LogP contribution in [0.3, 0.4) is 0 Å². The number of benzene rings is 3. The number of carbonyl (C=O) groups excluding carboxylic acids is 1. The van der Waals surface area contributed by atoms with Gasteiger partial charge in [-0.05, 0) is 84.7 Å². The molecule has 39 heavy (non-hydrogen) atoms. The molecule has 2 saturated heterocycles. The molecule has 1 amide bonds. The summed E-state index contributed by atoms with van der Waals surface area (Å²) in [7, 11) is 0. The lowest BCUT2D eigenvalue weighted by atomic mass is 9.80. The predicted molar refractivity (Wildman–Crippen MR) is 148 cm³/mol. The van der Waals surface area contributed by atoms with Crippen molar-refractivity contribution < 1.29 is 23.1 Å². The van der Waals surface area contributed by atoms with E-state index in [-0.39, 0.29) is 23.8 Å². The minimum atomic E-state index is -4.48. The van der Waals surface area contributed by atoms with Gasteiger partial charge in [-0.25, -0.2) is 0 Å². The van der Waals surface area contributed by atoms with E-state index in [1.807, 2.05) is 18.2 Å². The molecule has 3 aromatic rings. The van der Waals surface area contributed by atoms with E-state index in [4.69, 9.17) is 23.2 Å². The Morgan fingerprint density at radius 1 is 0.897 bits per heavy atom. The summed E-state index contributed by atoms with van der Waals surface area (Å²) in [5.74, 6) is 0.261. The van der Waals surface area contributed by atoms with Gasteiger partial charge in [0.15, 0.2) is 0 Å². The fraction of sp³-hybridized carbons (Fsp3) is 0.433. The Kier molecular flexibility index (Phi) is 8.43. The Balaban J connectivity index is 1.21. The highest BCUT2D eigenvalue weighted by Gasteiger charge is 2.36. The van der Waals surface area contributed by atoms with Crippen molar-refractivity contribution in [3.63, 3.8) is 0 Å². The van der Waals surface area contributed by atoms with Crippen molar-refractivity contribution in [1.82, 2.24) is 9.80 Å². The third kappa shape index (κ3) is 6.07. The molecule has 4 nitrogen and oxygen atoms in total. The molecule has 2 heterocycles. The second kappa shape index (κ2) is 11.7. The van der Waals surface area contributed by atoms with E-state index < -0.39 is 11.7 Å². The van der Waals surface area contributed by atoms with Gasteiger partial charge in [-0.3, -0.25) is 9.69 Å². The van der Waals surface area contributed by atoms with Crippen molar-refractivity contribution in [1.29, 1.82) is 0 Å². The number of piperidine rings is 2. The Hall–Kier alpha value is -2.32. The molecule has 9 heteroatoms. The first kappa shape index (κ1) is 28.2. The Labute approximate surface area is 236 Å². The van der Waals surface area contributed by atoms with Crippen LogP contribution in [0.15, 0.2) is 54.6 Å². The van der Waals surface area contributed by atoms with E-state index in [9.17, 15) is 23.1 Å².